The average molecular weight is 230 g/mol. The third-order valence-corrected chi connectivity index (χ3v) is 2.54. The summed E-state index contributed by atoms with van der Waals surface area (Å²) in [6.45, 7) is 2.08. The Bertz CT molecular complexity index is 257. The first-order valence-corrected chi connectivity index (χ1v) is 5.32. The molecule has 0 aromatic carbocycles. The molecule has 1 fully saturated rings. The number of likely N-dealkylation sites (tertiary alicyclic amines) is 1. The summed E-state index contributed by atoms with van der Waals surface area (Å²) in [6, 6.07) is 0. The number of aliphatic carboxylic acids is 1. The molecule has 2 N–H and O–H groups in total. The van der Waals surface area contributed by atoms with Crippen LogP contribution >= 0.6 is 0 Å². The molecular weight excluding hydrogens is 212 g/mol. The topological polar surface area (TPSA) is 78.9 Å². The molecule has 6 heteroatoms. The second kappa shape index (κ2) is 6.44. The van der Waals surface area contributed by atoms with E-state index in [-0.39, 0.29) is 12.5 Å². The van der Waals surface area contributed by atoms with E-state index in [9.17, 15) is 9.59 Å². The molecule has 92 valence electrons. The van der Waals surface area contributed by atoms with E-state index in [1.807, 2.05) is 0 Å². The lowest BCUT2D eigenvalue weighted by atomic mass is 10.1. The van der Waals surface area contributed by atoms with Gasteiger partial charge in [0.25, 0.3) is 0 Å². The monoisotopic (exact) mass is 230 g/mol. The Hall–Kier alpha value is -1.14. The van der Waals surface area contributed by atoms with Crippen molar-refractivity contribution >= 4 is 11.9 Å². The second-order valence-electron chi connectivity index (χ2n) is 4.11. The van der Waals surface area contributed by atoms with Crippen molar-refractivity contribution in [3.63, 3.8) is 0 Å². The van der Waals surface area contributed by atoms with Crippen LogP contribution in [-0.4, -0.2) is 61.8 Å². The molecule has 1 aliphatic rings. The summed E-state index contributed by atoms with van der Waals surface area (Å²) >= 11 is 0. The van der Waals surface area contributed by atoms with Gasteiger partial charge in [0.05, 0.1) is 0 Å². The summed E-state index contributed by atoms with van der Waals surface area (Å²) in [4.78, 5) is 23.6. The first-order valence-electron chi connectivity index (χ1n) is 5.32. The molecule has 1 rings (SSSR count). The lowest BCUT2D eigenvalue weighted by molar-refractivity contribution is -0.143. The molecule has 0 saturated carbocycles. The number of ether oxygens (including phenoxy) is 1. The Balaban J connectivity index is 2.04. The van der Waals surface area contributed by atoms with Crippen molar-refractivity contribution in [1.29, 1.82) is 0 Å². The van der Waals surface area contributed by atoms with Crippen LogP contribution in [0.25, 0.3) is 0 Å². The van der Waals surface area contributed by atoms with E-state index in [1.165, 1.54) is 0 Å². The summed E-state index contributed by atoms with van der Waals surface area (Å²) in [5.41, 5.74) is 0. The Kier molecular flexibility index (Phi) is 5.21. The molecule has 1 atom stereocenters. The number of carboxylic acids is 1. The number of rotatable bonds is 6. The summed E-state index contributed by atoms with van der Waals surface area (Å²) in [5.74, 6) is -0.825. The summed E-state index contributed by atoms with van der Waals surface area (Å²) < 4.78 is 4.67. The van der Waals surface area contributed by atoms with Crippen LogP contribution < -0.4 is 5.32 Å². The normalized spacial score (nSPS) is 20.9. The summed E-state index contributed by atoms with van der Waals surface area (Å²) in [5, 5.41) is 11.0. The molecule has 1 aliphatic heterocycles. The number of carboxylic acid groups (broad SMARTS) is 1. The number of amides is 1. The number of nitrogens with zero attached hydrogens (tertiary/aromatic N) is 1. The predicted molar refractivity (Wildman–Crippen MR) is 57.1 cm³/mol. The fraction of sp³-hybridized carbons (Fsp3) is 0.800. The number of hydrogen-bond acceptors (Lipinski definition) is 4. The van der Waals surface area contributed by atoms with Crippen molar-refractivity contribution in [2.75, 3.05) is 39.9 Å². The molecule has 1 saturated heterocycles. The molecule has 0 bridgehead atoms. The maximum Gasteiger partial charge on any atom is 0.329 e. The molecule has 1 heterocycles. The van der Waals surface area contributed by atoms with Crippen LogP contribution in [0.15, 0.2) is 0 Å². The highest BCUT2D eigenvalue weighted by Crippen LogP contribution is 2.12. The second-order valence-corrected chi connectivity index (χ2v) is 4.11. The molecule has 0 spiro atoms. The van der Waals surface area contributed by atoms with Crippen LogP contribution in [0.1, 0.15) is 6.42 Å². The van der Waals surface area contributed by atoms with E-state index >= 15 is 0 Å². The quantitative estimate of drug-likeness (QED) is 0.621. The fourth-order valence-corrected chi connectivity index (χ4v) is 1.73. The van der Waals surface area contributed by atoms with Gasteiger partial charge in [-0.2, -0.15) is 0 Å². The minimum Gasteiger partial charge on any atom is -0.480 e. The zero-order chi connectivity index (χ0) is 12.0. The highest BCUT2D eigenvalue weighted by atomic mass is 16.5. The van der Waals surface area contributed by atoms with Crippen LogP contribution in [0.2, 0.25) is 0 Å². The van der Waals surface area contributed by atoms with E-state index in [1.54, 1.807) is 0 Å². The molecule has 1 unspecified atom stereocenters. The van der Waals surface area contributed by atoms with Gasteiger partial charge in [0.1, 0.15) is 13.2 Å². The molecule has 0 aliphatic carbocycles. The maximum absolute atomic E-state index is 11.2. The zero-order valence-electron chi connectivity index (χ0n) is 9.44. The van der Waals surface area contributed by atoms with Crippen molar-refractivity contribution in [3.8, 4) is 0 Å². The molecule has 0 radical (unpaired) electrons. The van der Waals surface area contributed by atoms with Crippen molar-refractivity contribution in [2.24, 2.45) is 5.92 Å². The van der Waals surface area contributed by atoms with Crippen molar-refractivity contribution in [1.82, 2.24) is 10.2 Å². The van der Waals surface area contributed by atoms with Gasteiger partial charge >= 0.3 is 5.97 Å². The SMILES string of the molecule is CN1CCC(CNC(=O)COCC(=O)O)C1. The maximum atomic E-state index is 11.2. The minimum absolute atomic E-state index is 0.186. The number of hydrogen-bond donors (Lipinski definition) is 2. The van der Waals surface area contributed by atoms with Gasteiger partial charge < -0.3 is 20.1 Å². The first-order chi connectivity index (χ1) is 7.58. The molecular formula is C10H18N2O4. The van der Waals surface area contributed by atoms with Gasteiger partial charge in [-0.05, 0) is 25.9 Å². The summed E-state index contributed by atoms with van der Waals surface area (Å²) in [7, 11) is 2.05. The largest absolute Gasteiger partial charge is 0.480 e. The molecule has 0 aromatic heterocycles. The van der Waals surface area contributed by atoms with Crippen LogP contribution in [0.5, 0.6) is 0 Å². The van der Waals surface area contributed by atoms with Crippen LogP contribution in [-0.2, 0) is 14.3 Å². The van der Waals surface area contributed by atoms with Crippen molar-refractivity contribution in [3.05, 3.63) is 0 Å². The van der Waals surface area contributed by atoms with Gasteiger partial charge in [-0.3, -0.25) is 4.79 Å². The van der Waals surface area contributed by atoms with Gasteiger partial charge in [-0.1, -0.05) is 0 Å². The lowest BCUT2D eigenvalue weighted by Crippen LogP contribution is -2.33. The molecule has 16 heavy (non-hydrogen) atoms. The minimum atomic E-state index is -1.06. The Morgan fingerprint density at radius 1 is 1.50 bits per heavy atom. The van der Waals surface area contributed by atoms with Gasteiger partial charge in [0, 0.05) is 13.1 Å². The van der Waals surface area contributed by atoms with Gasteiger partial charge in [0.15, 0.2) is 0 Å². The van der Waals surface area contributed by atoms with E-state index in [4.69, 9.17) is 5.11 Å². The summed E-state index contributed by atoms with van der Waals surface area (Å²) in [6.07, 6.45) is 1.09. The Labute approximate surface area is 94.6 Å². The number of nitrogens with one attached hydrogen (secondary N) is 1. The molecule has 1 amide bonds. The Morgan fingerprint density at radius 3 is 2.81 bits per heavy atom. The lowest BCUT2D eigenvalue weighted by Gasteiger charge is -2.11. The van der Waals surface area contributed by atoms with Crippen LogP contribution in [0.4, 0.5) is 0 Å². The van der Waals surface area contributed by atoms with E-state index in [2.05, 4.69) is 22.0 Å². The van der Waals surface area contributed by atoms with Gasteiger partial charge in [-0.25, -0.2) is 4.79 Å². The van der Waals surface area contributed by atoms with E-state index in [0.29, 0.717) is 12.5 Å². The highest BCUT2D eigenvalue weighted by Gasteiger charge is 2.19. The predicted octanol–water partition coefficient (Wildman–Crippen LogP) is -0.844. The van der Waals surface area contributed by atoms with E-state index < -0.39 is 12.6 Å². The zero-order valence-corrected chi connectivity index (χ0v) is 9.44. The van der Waals surface area contributed by atoms with Crippen molar-refractivity contribution in [2.45, 2.75) is 6.42 Å². The third-order valence-electron chi connectivity index (χ3n) is 2.54. The fourth-order valence-electron chi connectivity index (χ4n) is 1.73. The molecule has 0 aromatic rings. The number of carbonyl (C=O) groups excluding carboxylic acids is 1. The van der Waals surface area contributed by atoms with Crippen LogP contribution in [0.3, 0.4) is 0 Å². The average Bonchev–Trinajstić information content (AvgIpc) is 2.61. The number of carbonyl (C=O) groups is 2. The van der Waals surface area contributed by atoms with Crippen LogP contribution in [0, 0.1) is 5.92 Å². The highest BCUT2D eigenvalue weighted by molar-refractivity contribution is 5.77. The van der Waals surface area contributed by atoms with Gasteiger partial charge in [-0.15, -0.1) is 0 Å². The third kappa shape index (κ3) is 5.09. The van der Waals surface area contributed by atoms with Crippen molar-refractivity contribution < 1.29 is 19.4 Å². The Morgan fingerprint density at radius 2 is 2.25 bits per heavy atom. The molecule has 6 nitrogen and oxygen atoms in total. The first kappa shape index (κ1) is 12.9. The smallest absolute Gasteiger partial charge is 0.329 e. The van der Waals surface area contributed by atoms with E-state index in [0.717, 1.165) is 19.5 Å². The standard InChI is InChI=1S/C10H18N2O4/c1-12-3-2-8(5-12)4-11-9(13)6-16-7-10(14)15/h8H,2-7H2,1H3,(H,11,13)(H,14,15). The van der Waals surface area contributed by atoms with Gasteiger partial charge in [0.2, 0.25) is 5.91 Å².